The van der Waals surface area contributed by atoms with Crippen LogP contribution in [0, 0.1) is 5.41 Å². The highest BCUT2D eigenvalue weighted by atomic mass is 16.5. The molecule has 0 bridgehead atoms. The fraction of sp³-hybridized carbons (Fsp3) is 0.375. The fourth-order valence-electron chi connectivity index (χ4n) is 1.61. The molecule has 4 heteroatoms. The number of benzene rings is 1. The summed E-state index contributed by atoms with van der Waals surface area (Å²) in [5.41, 5.74) is -0.147. The van der Waals surface area contributed by atoms with E-state index in [2.05, 4.69) is 6.58 Å². The maximum absolute atomic E-state index is 11.8. The lowest BCUT2D eigenvalue weighted by Crippen LogP contribution is -2.27. The molecule has 1 aromatic carbocycles. The lowest BCUT2D eigenvalue weighted by molar-refractivity contribution is -0.145. The zero-order valence-electron chi connectivity index (χ0n) is 11.9. The standard InChI is InChI=1S/C16H20O4/c1-4-16(3,11-14(17)19-5-2)12-20-15(18)13-9-7-6-8-10-13/h4,6-10H,1,5,11-12H2,2-3H3/t16-/m1/s1. The Morgan fingerprint density at radius 3 is 2.45 bits per heavy atom. The molecule has 0 aliphatic heterocycles. The van der Waals surface area contributed by atoms with Gasteiger partial charge in [0.25, 0.3) is 0 Å². The molecule has 0 N–H and O–H groups in total. The molecule has 0 aliphatic carbocycles. The van der Waals surface area contributed by atoms with Gasteiger partial charge in [0.2, 0.25) is 0 Å². The third kappa shape index (κ3) is 4.88. The predicted octanol–water partition coefficient (Wildman–Crippen LogP) is 2.99. The number of rotatable bonds is 7. The number of hydrogen-bond acceptors (Lipinski definition) is 4. The van der Waals surface area contributed by atoms with Crippen molar-refractivity contribution in [3.05, 3.63) is 48.6 Å². The topological polar surface area (TPSA) is 52.6 Å². The molecule has 0 aliphatic rings. The van der Waals surface area contributed by atoms with E-state index in [0.717, 1.165) is 0 Å². The number of carbonyl (C=O) groups is 2. The SMILES string of the molecule is C=C[C@@](C)(COC(=O)c1ccccc1)CC(=O)OCC. The minimum absolute atomic E-state index is 0.0864. The lowest BCUT2D eigenvalue weighted by atomic mass is 9.88. The van der Waals surface area contributed by atoms with E-state index in [1.807, 2.05) is 6.07 Å². The summed E-state index contributed by atoms with van der Waals surface area (Å²) in [6.45, 7) is 7.66. The van der Waals surface area contributed by atoms with Gasteiger partial charge in [-0.2, -0.15) is 0 Å². The molecule has 1 atom stereocenters. The van der Waals surface area contributed by atoms with Crippen LogP contribution in [0.15, 0.2) is 43.0 Å². The van der Waals surface area contributed by atoms with E-state index < -0.39 is 11.4 Å². The smallest absolute Gasteiger partial charge is 0.338 e. The van der Waals surface area contributed by atoms with Gasteiger partial charge in [-0.3, -0.25) is 4.79 Å². The van der Waals surface area contributed by atoms with Gasteiger partial charge in [0.15, 0.2) is 0 Å². The second-order valence-corrected chi connectivity index (χ2v) is 4.78. The summed E-state index contributed by atoms with van der Waals surface area (Å²) in [7, 11) is 0. The largest absolute Gasteiger partial charge is 0.466 e. The molecule has 1 aromatic rings. The van der Waals surface area contributed by atoms with E-state index >= 15 is 0 Å². The molecule has 0 aromatic heterocycles. The van der Waals surface area contributed by atoms with Crippen molar-refractivity contribution in [3.8, 4) is 0 Å². The maximum atomic E-state index is 11.8. The van der Waals surface area contributed by atoms with Crippen LogP contribution in [0.5, 0.6) is 0 Å². The Morgan fingerprint density at radius 2 is 1.90 bits per heavy atom. The fourth-order valence-corrected chi connectivity index (χ4v) is 1.61. The van der Waals surface area contributed by atoms with Gasteiger partial charge >= 0.3 is 11.9 Å². The Balaban J connectivity index is 2.58. The highest BCUT2D eigenvalue weighted by molar-refractivity contribution is 5.89. The van der Waals surface area contributed by atoms with Crippen LogP contribution in [-0.2, 0) is 14.3 Å². The van der Waals surface area contributed by atoms with Crippen molar-refractivity contribution in [2.45, 2.75) is 20.3 Å². The Kier molecular flexibility index (Phi) is 5.97. The van der Waals surface area contributed by atoms with Crippen LogP contribution in [0.4, 0.5) is 0 Å². The van der Waals surface area contributed by atoms with Crippen molar-refractivity contribution in [1.29, 1.82) is 0 Å². The second kappa shape index (κ2) is 7.48. The summed E-state index contributed by atoms with van der Waals surface area (Å²) in [6.07, 6.45) is 1.74. The van der Waals surface area contributed by atoms with E-state index in [9.17, 15) is 9.59 Å². The van der Waals surface area contributed by atoms with E-state index in [-0.39, 0.29) is 19.0 Å². The van der Waals surface area contributed by atoms with Gasteiger partial charge in [-0.1, -0.05) is 31.2 Å². The van der Waals surface area contributed by atoms with Crippen molar-refractivity contribution in [1.82, 2.24) is 0 Å². The van der Waals surface area contributed by atoms with Crippen LogP contribution in [0.25, 0.3) is 0 Å². The van der Waals surface area contributed by atoms with Crippen LogP contribution < -0.4 is 0 Å². The first kappa shape index (κ1) is 16.0. The molecule has 0 saturated carbocycles. The van der Waals surface area contributed by atoms with Gasteiger partial charge in [0.1, 0.15) is 6.61 Å². The van der Waals surface area contributed by atoms with E-state index in [4.69, 9.17) is 9.47 Å². The highest BCUT2D eigenvalue weighted by Crippen LogP contribution is 2.24. The van der Waals surface area contributed by atoms with E-state index in [1.165, 1.54) is 0 Å². The van der Waals surface area contributed by atoms with Gasteiger partial charge in [-0.25, -0.2) is 4.79 Å². The summed E-state index contributed by atoms with van der Waals surface area (Å²) < 4.78 is 10.1. The number of ether oxygens (including phenoxy) is 2. The Labute approximate surface area is 119 Å². The normalized spacial score (nSPS) is 13.1. The van der Waals surface area contributed by atoms with Crippen LogP contribution in [-0.4, -0.2) is 25.2 Å². The van der Waals surface area contributed by atoms with Crippen molar-refractivity contribution in [3.63, 3.8) is 0 Å². The second-order valence-electron chi connectivity index (χ2n) is 4.78. The minimum Gasteiger partial charge on any atom is -0.466 e. The van der Waals surface area contributed by atoms with Gasteiger partial charge in [0, 0.05) is 5.41 Å². The molecule has 4 nitrogen and oxygen atoms in total. The van der Waals surface area contributed by atoms with Crippen LogP contribution in [0.1, 0.15) is 30.6 Å². The molecular weight excluding hydrogens is 256 g/mol. The minimum atomic E-state index is -0.628. The Hall–Kier alpha value is -2.10. The van der Waals surface area contributed by atoms with Crippen molar-refractivity contribution in [2.24, 2.45) is 5.41 Å². The summed E-state index contributed by atoms with van der Waals surface area (Å²) >= 11 is 0. The lowest BCUT2D eigenvalue weighted by Gasteiger charge is -2.24. The summed E-state index contributed by atoms with van der Waals surface area (Å²) in [6, 6.07) is 8.72. The van der Waals surface area contributed by atoms with Crippen LogP contribution >= 0.6 is 0 Å². The monoisotopic (exact) mass is 276 g/mol. The molecule has 0 radical (unpaired) electrons. The van der Waals surface area contributed by atoms with E-state index in [0.29, 0.717) is 12.2 Å². The van der Waals surface area contributed by atoms with Crippen molar-refractivity contribution in [2.75, 3.05) is 13.2 Å². The third-order valence-electron chi connectivity index (χ3n) is 2.89. The average Bonchev–Trinajstić information content (AvgIpc) is 2.46. The number of esters is 2. The number of carbonyl (C=O) groups excluding carboxylic acids is 2. The van der Waals surface area contributed by atoms with Gasteiger partial charge in [0.05, 0.1) is 18.6 Å². The van der Waals surface area contributed by atoms with Gasteiger partial charge < -0.3 is 9.47 Å². The summed E-state index contributed by atoms with van der Waals surface area (Å²) in [4.78, 5) is 23.4. The first-order valence-electron chi connectivity index (χ1n) is 6.52. The molecule has 0 unspecified atom stereocenters. The predicted molar refractivity (Wildman–Crippen MR) is 76.3 cm³/mol. The molecule has 0 spiro atoms. The highest BCUT2D eigenvalue weighted by Gasteiger charge is 2.27. The first-order chi connectivity index (χ1) is 9.50. The molecule has 20 heavy (non-hydrogen) atoms. The van der Waals surface area contributed by atoms with Crippen molar-refractivity contribution < 1.29 is 19.1 Å². The molecule has 1 rings (SSSR count). The number of hydrogen-bond donors (Lipinski definition) is 0. The Morgan fingerprint density at radius 1 is 1.25 bits per heavy atom. The van der Waals surface area contributed by atoms with Gasteiger partial charge in [-0.15, -0.1) is 6.58 Å². The molecule has 0 fully saturated rings. The zero-order chi connectivity index (χ0) is 15.0. The third-order valence-corrected chi connectivity index (χ3v) is 2.89. The summed E-state index contributed by atoms with van der Waals surface area (Å²) in [5.74, 6) is -0.742. The first-order valence-corrected chi connectivity index (χ1v) is 6.52. The van der Waals surface area contributed by atoms with Gasteiger partial charge in [-0.05, 0) is 19.1 Å². The summed E-state index contributed by atoms with van der Waals surface area (Å²) in [5, 5.41) is 0. The van der Waals surface area contributed by atoms with Crippen LogP contribution in [0.3, 0.4) is 0 Å². The maximum Gasteiger partial charge on any atom is 0.338 e. The molecule has 108 valence electrons. The zero-order valence-corrected chi connectivity index (χ0v) is 11.9. The quantitative estimate of drug-likeness (QED) is 0.567. The Bertz CT molecular complexity index is 467. The molecule has 0 saturated heterocycles. The molecular formula is C16H20O4. The van der Waals surface area contributed by atoms with E-state index in [1.54, 1.807) is 44.2 Å². The molecule has 0 heterocycles. The average molecular weight is 276 g/mol. The van der Waals surface area contributed by atoms with Crippen molar-refractivity contribution >= 4 is 11.9 Å². The molecule has 0 amide bonds. The van der Waals surface area contributed by atoms with Crippen LogP contribution in [0.2, 0.25) is 0 Å².